The summed E-state index contributed by atoms with van der Waals surface area (Å²) in [6, 6.07) is 13.4. The quantitative estimate of drug-likeness (QED) is 0.898. The van der Waals surface area contributed by atoms with E-state index in [0.29, 0.717) is 12.6 Å². The van der Waals surface area contributed by atoms with Crippen LogP contribution < -0.4 is 10.2 Å². The normalized spacial score (nSPS) is 22.3. The summed E-state index contributed by atoms with van der Waals surface area (Å²) in [4.78, 5) is 20.3. The molecule has 2 amide bonds. The number of H-pyrrole nitrogens is 1. The second kappa shape index (κ2) is 6.82. The fourth-order valence-electron chi connectivity index (χ4n) is 4.24. The maximum absolute atomic E-state index is 12.6. The molecule has 2 N–H and O–H groups in total. The Kier molecular flexibility index (Phi) is 4.38. The van der Waals surface area contributed by atoms with Gasteiger partial charge >= 0.3 is 6.03 Å². The average molecular weight is 338 g/mol. The third kappa shape index (κ3) is 3.11. The molecule has 0 bridgehead atoms. The van der Waals surface area contributed by atoms with Crippen molar-refractivity contribution >= 4 is 11.7 Å². The van der Waals surface area contributed by atoms with Crippen molar-refractivity contribution in [3.05, 3.63) is 53.9 Å². The van der Waals surface area contributed by atoms with Crippen molar-refractivity contribution in [3.8, 4) is 0 Å². The number of rotatable bonds is 4. The van der Waals surface area contributed by atoms with Gasteiger partial charge in [0.1, 0.15) is 0 Å². The number of likely N-dealkylation sites (tertiary alicyclic amines) is 1. The third-order valence-corrected chi connectivity index (χ3v) is 5.47. The van der Waals surface area contributed by atoms with Gasteiger partial charge in [-0.25, -0.2) is 4.79 Å². The molecule has 0 aliphatic carbocycles. The van der Waals surface area contributed by atoms with Crippen LogP contribution in [0.4, 0.5) is 10.5 Å². The smallest absolute Gasteiger partial charge is 0.318 e. The van der Waals surface area contributed by atoms with Gasteiger partial charge in [-0.05, 0) is 49.9 Å². The number of hydrogen-bond acceptors (Lipinski definition) is 2. The van der Waals surface area contributed by atoms with E-state index < -0.39 is 0 Å². The predicted octanol–water partition coefficient (Wildman–Crippen LogP) is 3.31. The van der Waals surface area contributed by atoms with Crippen molar-refractivity contribution in [1.29, 1.82) is 0 Å². The molecule has 5 heteroatoms. The van der Waals surface area contributed by atoms with Crippen molar-refractivity contribution in [2.45, 2.75) is 38.3 Å². The molecule has 3 heterocycles. The molecule has 0 radical (unpaired) electrons. The predicted molar refractivity (Wildman–Crippen MR) is 99.8 cm³/mol. The van der Waals surface area contributed by atoms with Crippen LogP contribution >= 0.6 is 0 Å². The number of para-hydroxylation sites is 1. The van der Waals surface area contributed by atoms with Crippen molar-refractivity contribution in [3.63, 3.8) is 0 Å². The van der Waals surface area contributed by atoms with Crippen LogP contribution in [0.1, 0.15) is 37.1 Å². The van der Waals surface area contributed by atoms with Crippen LogP contribution in [0.5, 0.6) is 0 Å². The van der Waals surface area contributed by atoms with Crippen LogP contribution in [-0.4, -0.2) is 41.6 Å². The summed E-state index contributed by atoms with van der Waals surface area (Å²) in [5, 5.41) is 3.13. The molecule has 4 rings (SSSR count). The highest BCUT2D eigenvalue weighted by molar-refractivity contribution is 5.75. The molecule has 1 aromatic heterocycles. The van der Waals surface area contributed by atoms with Crippen molar-refractivity contribution < 1.29 is 4.79 Å². The highest BCUT2D eigenvalue weighted by Gasteiger charge is 2.31. The lowest BCUT2D eigenvalue weighted by atomic mass is 10.1. The van der Waals surface area contributed by atoms with E-state index in [0.717, 1.165) is 38.0 Å². The van der Waals surface area contributed by atoms with Crippen molar-refractivity contribution in [2.75, 3.05) is 24.5 Å². The molecule has 0 saturated carbocycles. The Morgan fingerprint density at radius 3 is 3.00 bits per heavy atom. The van der Waals surface area contributed by atoms with Gasteiger partial charge in [-0.2, -0.15) is 0 Å². The van der Waals surface area contributed by atoms with Gasteiger partial charge in [-0.1, -0.05) is 18.2 Å². The minimum Gasteiger partial charge on any atom is -0.367 e. The first kappa shape index (κ1) is 16.1. The lowest BCUT2D eigenvalue weighted by Crippen LogP contribution is -2.43. The van der Waals surface area contributed by atoms with Crippen LogP contribution in [0.2, 0.25) is 0 Å². The minimum atomic E-state index is 0.0530. The molecule has 1 saturated heterocycles. The number of aromatic amines is 1. The molecular weight excluding hydrogens is 312 g/mol. The number of urea groups is 1. The Bertz CT molecular complexity index is 727. The first-order chi connectivity index (χ1) is 12.2. The van der Waals surface area contributed by atoms with Gasteiger partial charge in [0.2, 0.25) is 0 Å². The molecular formula is C20H26N4O. The summed E-state index contributed by atoms with van der Waals surface area (Å²) < 4.78 is 0. The molecule has 2 atom stereocenters. The summed E-state index contributed by atoms with van der Waals surface area (Å²) in [7, 11) is 0. The zero-order valence-electron chi connectivity index (χ0n) is 14.7. The largest absolute Gasteiger partial charge is 0.367 e. The highest BCUT2D eigenvalue weighted by Crippen LogP contribution is 2.32. The van der Waals surface area contributed by atoms with E-state index >= 15 is 0 Å². The van der Waals surface area contributed by atoms with E-state index in [2.05, 4.69) is 52.5 Å². The first-order valence-electron chi connectivity index (χ1n) is 9.26. The lowest BCUT2D eigenvalue weighted by Gasteiger charge is -2.27. The average Bonchev–Trinajstić information content (AvgIpc) is 3.34. The molecule has 2 aromatic rings. The van der Waals surface area contributed by atoms with Crippen LogP contribution in [0.15, 0.2) is 42.6 Å². The van der Waals surface area contributed by atoms with Gasteiger partial charge in [-0.3, -0.25) is 0 Å². The lowest BCUT2D eigenvalue weighted by molar-refractivity contribution is 0.192. The standard InChI is InChI=1S/C20H26N4O/c1-15-14-16-6-2-3-8-18(16)23(15)13-11-22-20(25)24-12-5-9-19(24)17-7-4-10-21-17/h2-4,6-8,10,15,19,21H,5,9,11-14H2,1H3,(H,22,25)/t15-,19+/m0/s1. The van der Waals surface area contributed by atoms with Crippen LogP contribution in [-0.2, 0) is 6.42 Å². The second-order valence-electron chi connectivity index (χ2n) is 7.08. The molecule has 1 aromatic carbocycles. The molecule has 25 heavy (non-hydrogen) atoms. The van der Waals surface area contributed by atoms with E-state index in [1.165, 1.54) is 11.3 Å². The summed E-state index contributed by atoms with van der Waals surface area (Å²) in [5.41, 5.74) is 3.86. The van der Waals surface area contributed by atoms with Gasteiger partial charge < -0.3 is 20.1 Å². The fourth-order valence-corrected chi connectivity index (χ4v) is 4.24. The number of nitrogens with one attached hydrogen (secondary N) is 2. The van der Waals surface area contributed by atoms with E-state index in [4.69, 9.17) is 0 Å². The van der Waals surface area contributed by atoms with E-state index in [9.17, 15) is 4.79 Å². The maximum Gasteiger partial charge on any atom is 0.318 e. The Labute approximate surface area is 149 Å². The SMILES string of the molecule is C[C@H]1Cc2ccccc2N1CCNC(=O)N1CCC[C@@H]1c1ccc[nH]1. The molecule has 132 valence electrons. The minimum absolute atomic E-state index is 0.0530. The number of hydrogen-bond donors (Lipinski definition) is 2. The number of carbonyl (C=O) groups excluding carboxylic acids is 1. The third-order valence-electron chi connectivity index (χ3n) is 5.47. The van der Waals surface area contributed by atoms with Gasteiger partial charge in [0.05, 0.1) is 6.04 Å². The Morgan fingerprint density at radius 2 is 2.16 bits per heavy atom. The number of fused-ring (bicyclic) bond motifs is 1. The molecule has 2 aliphatic heterocycles. The number of anilines is 1. The summed E-state index contributed by atoms with van der Waals surface area (Å²) in [5.74, 6) is 0. The number of benzene rings is 1. The zero-order chi connectivity index (χ0) is 17.2. The number of nitrogens with zero attached hydrogens (tertiary/aromatic N) is 2. The van der Waals surface area contributed by atoms with E-state index in [-0.39, 0.29) is 12.1 Å². The summed E-state index contributed by atoms with van der Waals surface area (Å²) >= 11 is 0. The Morgan fingerprint density at radius 1 is 1.28 bits per heavy atom. The topological polar surface area (TPSA) is 51.4 Å². The number of carbonyl (C=O) groups is 1. The van der Waals surface area contributed by atoms with Crippen LogP contribution in [0.3, 0.4) is 0 Å². The molecule has 5 nitrogen and oxygen atoms in total. The first-order valence-corrected chi connectivity index (χ1v) is 9.26. The number of aromatic nitrogens is 1. The highest BCUT2D eigenvalue weighted by atomic mass is 16.2. The van der Waals surface area contributed by atoms with E-state index in [1.54, 1.807) is 0 Å². The zero-order valence-corrected chi connectivity index (χ0v) is 14.7. The van der Waals surface area contributed by atoms with Crippen molar-refractivity contribution in [2.24, 2.45) is 0 Å². The van der Waals surface area contributed by atoms with E-state index in [1.807, 2.05) is 17.2 Å². The molecule has 0 spiro atoms. The van der Waals surface area contributed by atoms with Crippen molar-refractivity contribution in [1.82, 2.24) is 15.2 Å². The monoisotopic (exact) mass is 338 g/mol. The van der Waals surface area contributed by atoms with Crippen LogP contribution in [0.25, 0.3) is 0 Å². The molecule has 2 aliphatic rings. The van der Waals surface area contributed by atoms with Gasteiger partial charge in [0.15, 0.2) is 0 Å². The summed E-state index contributed by atoms with van der Waals surface area (Å²) in [6.45, 7) is 4.61. The second-order valence-corrected chi connectivity index (χ2v) is 7.08. The van der Waals surface area contributed by atoms with Crippen LogP contribution in [0, 0.1) is 0 Å². The van der Waals surface area contributed by atoms with Gasteiger partial charge in [0, 0.05) is 43.3 Å². The molecule has 1 fully saturated rings. The Balaban J connectivity index is 1.34. The van der Waals surface area contributed by atoms with Gasteiger partial charge in [0.25, 0.3) is 0 Å². The molecule has 0 unspecified atom stereocenters. The summed E-state index contributed by atoms with van der Waals surface area (Å²) in [6.07, 6.45) is 5.11. The fraction of sp³-hybridized carbons (Fsp3) is 0.450. The number of amides is 2. The maximum atomic E-state index is 12.6. The Hall–Kier alpha value is -2.43. The van der Waals surface area contributed by atoms with Gasteiger partial charge in [-0.15, -0.1) is 0 Å².